The number of ether oxygens (including phenoxy) is 10. The first-order valence-electron chi connectivity index (χ1n) is 30.2. The van der Waals surface area contributed by atoms with E-state index in [0.29, 0.717) is 77.0 Å². The second-order valence-electron chi connectivity index (χ2n) is 22.7. The number of aromatic nitrogens is 3. The maximum atomic E-state index is 13.9. The van der Waals surface area contributed by atoms with Crippen LogP contribution in [-0.2, 0) is 101 Å². The Kier molecular flexibility index (Phi) is 38.2. The Morgan fingerprint density at radius 1 is 0.290 bits per heavy atom. The summed E-state index contributed by atoms with van der Waals surface area (Å²) in [6.45, 7) is 30.6. The van der Waals surface area contributed by atoms with Crippen molar-refractivity contribution in [3.63, 3.8) is 0 Å². The Hall–Kier alpha value is -9.31. The van der Waals surface area contributed by atoms with Crippen LogP contribution in [0.2, 0.25) is 0 Å². The zero-order chi connectivity index (χ0) is 70.3. The van der Waals surface area contributed by atoms with Gasteiger partial charge in [-0.2, -0.15) is 0 Å². The average Bonchev–Trinajstić information content (AvgIpc) is 0.809. The molecular weight excluding hydrogens is 1220 g/mol. The Morgan fingerprint density at radius 2 is 0.484 bits per heavy atom. The zero-order valence-corrected chi connectivity index (χ0v) is 55.0. The number of alkyl carbamates (subject to hydrolysis) is 3. The van der Waals surface area contributed by atoms with E-state index in [2.05, 4.69) is 62.0 Å². The van der Waals surface area contributed by atoms with Crippen LogP contribution in [0.5, 0.6) is 0 Å². The lowest BCUT2D eigenvalue weighted by atomic mass is 9.92. The van der Waals surface area contributed by atoms with Gasteiger partial charge in [-0.1, -0.05) is 84.6 Å². The first kappa shape index (κ1) is 81.7. The molecule has 1 aromatic heterocycles. The fraction of sp³-hybridized carbons (Fsp3) is 0.578. The molecule has 0 aliphatic heterocycles. The highest BCUT2D eigenvalue weighted by molar-refractivity contribution is 5.89. The van der Waals surface area contributed by atoms with Gasteiger partial charge < -0.3 is 63.3 Å². The number of nitrogens with zero attached hydrogens (tertiary/aromatic N) is 3. The molecule has 0 aromatic carbocycles. The van der Waals surface area contributed by atoms with Gasteiger partial charge in [0.1, 0.15) is 76.9 Å². The van der Waals surface area contributed by atoms with Gasteiger partial charge in [0.2, 0.25) is 0 Å². The van der Waals surface area contributed by atoms with Gasteiger partial charge in [0.15, 0.2) is 0 Å². The number of unbranched alkanes of at least 4 members (excludes halogenated alkanes) is 9. The van der Waals surface area contributed by atoms with Crippen LogP contribution in [0.3, 0.4) is 0 Å². The average molecular weight is 1320 g/mol. The van der Waals surface area contributed by atoms with E-state index in [1.165, 1.54) is 48.5 Å². The Balaban J connectivity index is 3.14. The Labute approximate surface area is 541 Å². The van der Waals surface area contributed by atoms with Crippen molar-refractivity contribution in [2.75, 3.05) is 85.7 Å². The highest BCUT2D eigenvalue weighted by atomic mass is 16.6. The summed E-state index contributed by atoms with van der Waals surface area (Å²) in [4.78, 5) is 166. The van der Waals surface area contributed by atoms with Crippen molar-refractivity contribution in [3.05, 3.63) is 117 Å². The van der Waals surface area contributed by atoms with Gasteiger partial charge in [-0.15, -0.1) is 0 Å². The van der Waals surface area contributed by atoms with Crippen molar-refractivity contribution < 1.29 is 95.3 Å². The van der Waals surface area contributed by atoms with Gasteiger partial charge in [0, 0.05) is 78.3 Å². The second kappa shape index (κ2) is 43.5. The number of amides is 3. The van der Waals surface area contributed by atoms with E-state index in [1.807, 2.05) is 0 Å². The summed E-state index contributed by atoms with van der Waals surface area (Å²) >= 11 is 0. The Bertz CT molecular complexity index is 2740. The molecule has 29 heteroatoms. The molecule has 0 saturated heterocycles. The fourth-order valence-corrected chi connectivity index (χ4v) is 7.61. The van der Waals surface area contributed by atoms with E-state index in [0.717, 1.165) is 13.7 Å². The molecule has 0 atom stereocenters. The van der Waals surface area contributed by atoms with Crippen molar-refractivity contribution in [2.45, 2.75) is 145 Å². The lowest BCUT2D eigenvalue weighted by Gasteiger charge is -2.31. The molecule has 3 N–H and O–H groups in total. The fourth-order valence-electron chi connectivity index (χ4n) is 7.61. The molecule has 0 aliphatic carbocycles. The van der Waals surface area contributed by atoms with Gasteiger partial charge in [-0.25, -0.2) is 76.0 Å². The number of nitrogens with one attached hydrogen (secondary N) is 3. The summed E-state index contributed by atoms with van der Waals surface area (Å²) in [5.41, 5.74) is -5.01. The number of carbonyl (C=O) groups excluding carboxylic acids is 10. The lowest BCUT2D eigenvalue weighted by Crippen LogP contribution is -2.54. The van der Waals surface area contributed by atoms with Crippen LogP contribution in [0.25, 0.3) is 0 Å². The van der Waals surface area contributed by atoms with Crippen LogP contribution >= 0.6 is 0 Å². The maximum absolute atomic E-state index is 13.9. The van der Waals surface area contributed by atoms with Crippen molar-refractivity contribution in [2.24, 2.45) is 10.8 Å². The molecule has 0 fully saturated rings. The summed E-state index contributed by atoms with van der Waals surface area (Å²) in [6.07, 6.45) is 3.02. The molecule has 93 heavy (non-hydrogen) atoms. The van der Waals surface area contributed by atoms with E-state index in [1.54, 1.807) is 0 Å². The number of hydrogen-bond acceptors (Lipinski definition) is 23. The molecule has 1 heterocycles. The summed E-state index contributed by atoms with van der Waals surface area (Å²) in [5, 5.41) is 7.81. The molecule has 0 bridgehead atoms. The summed E-state index contributed by atoms with van der Waals surface area (Å²) < 4.78 is 55.8. The van der Waals surface area contributed by atoms with Crippen molar-refractivity contribution in [1.29, 1.82) is 0 Å². The first-order valence-corrected chi connectivity index (χ1v) is 30.2. The molecule has 0 aliphatic rings. The van der Waals surface area contributed by atoms with Gasteiger partial charge in [0.05, 0.1) is 0 Å². The normalized spacial score (nSPS) is 10.9. The van der Waals surface area contributed by atoms with Gasteiger partial charge in [-0.3, -0.25) is 0 Å². The third-order valence-electron chi connectivity index (χ3n) is 13.2. The minimum absolute atomic E-state index is 0.0139. The number of hydrogen-bond donors (Lipinski definition) is 3. The standard InChI is InChI=1S/C64H94N6O23/c1-43(2)50(71)84-33-34-85-57(78)65-27-21-15-18-24-30-68-60(81)69(31-25-19-16-22-28-66-58(79)92-41-63(35-86-51(72)44(3)4,36-87-52(73)45(5)6)37-88-53(74)46(7)8)62(83)70(61(68)82)32-26-20-17-23-29-67-59(80)93-42-64(38-89-54(75)47(9)10,39-90-55(76)48(11)12)40-91-56(77)49(13)14/h1,3,5,7,9,11,13,15-42H2,2,4,6,8,10,12,14H3,(H,65,78)(H,66,79)(H,67,80). The Morgan fingerprint density at radius 3 is 0.720 bits per heavy atom. The highest BCUT2D eigenvalue weighted by Crippen LogP contribution is 2.25. The quantitative estimate of drug-likeness (QED) is 0.0298. The molecule has 1 rings (SSSR count). The third kappa shape index (κ3) is 33.0. The predicted octanol–water partition coefficient (Wildman–Crippen LogP) is 5.84. The topological polar surface area (TPSA) is 365 Å². The molecule has 518 valence electrons. The smallest absolute Gasteiger partial charge is 0.407 e. The zero-order valence-electron chi connectivity index (χ0n) is 55.0. The predicted molar refractivity (Wildman–Crippen MR) is 338 cm³/mol. The number of carbonyl (C=O) groups is 10. The molecule has 3 amide bonds. The van der Waals surface area contributed by atoms with Crippen molar-refractivity contribution in [3.8, 4) is 0 Å². The van der Waals surface area contributed by atoms with Crippen molar-refractivity contribution in [1.82, 2.24) is 29.7 Å². The molecule has 0 radical (unpaired) electrons. The van der Waals surface area contributed by atoms with Crippen LogP contribution in [0.15, 0.2) is 99.4 Å². The first-order chi connectivity index (χ1) is 43.8. The van der Waals surface area contributed by atoms with Gasteiger partial charge in [-0.05, 0) is 87.0 Å². The van der Waals surface area contributed by atoms with E-state index in [4.69, 9.17) is 47.4 Å². The number of rotatable bonds is 47. The SMILES string of the molecule is C=C(C)C(=O)OCCOC(=O)NCCCCCCn1c(=O)n(CCCCCCNC(=O)OCC(COC(=O)C(=C)C)(COC(=O)C(=C)C)COC(=O)C(=C)C)c(=O)n(CCCCCCNC(=O)OCC(COC(=O)C(=C)C)(COC(=O)C(=C)C)COC(=O)C(=C)C)c1=O. The number of esters is 7. The van der Waals surface area contributed by atoms with Crippen LogP contribution in [-0.4, -0.2) is 159 Å². The minimum Gasteiger partial charge on any atom is -0.461 e. The van der Waals surface area contributed by atoms with Gasteiger partial charge in [0.25, 0.3) is 0 Å². The lowest BCUT2D eigenvalue weighted by molar-refractivity contribution is -0.162. The molecular formula is C64H94N6O23. The molecule has 1 aromatic rings. The molecule has 0 saturated carbocycles. The van der Waals surface area contributed by atoms with Crippen LogP contribution in [0, 0.1) is 10.8 Å². The summed E-state index contributed by atoms with van der Waals surface area (Å²) in [7, 11) is 0. The third-order valence-corrected chi connectivity index (χ3v) is 13.2. The summed E-state index contributed by atoms with van der Waals surface area (Å²) in [5.74, 6) is -5.43. The molecule has 0 unspecified atom stereocenters. The van der Waals surface area contributed by atoms with E-state index in [-0.39, 0.29) is 91.5 Å². The molecule has 0 spiro atoms. The van der Waals surface area contributed by atoms with Gasteiger partial charge >= 0.3 is 77.1 Å². The minimum atomic E-state index is -1.56. The monoisotopic (exact) mass is 1310 g/mol. The van der Waals surface area contributed by atoms with E-state index < -0.39 is 141 Å². The summed E-state index contributed by atoms with van der Waals surface area (Å²) in [6, 6.07) is 0. The van der Waals surface area contributed by atoms with E-state index in [9.17, 15) is 62.3 Å². The second-order valence-corrected chi connectivity index (χ2v) is 22.7. The van der Waals surface area contributed by atoms with Crippen LogP contribution < -0.4 is 33.0 Å². The van der Waals surface area contributed by atoms with E-state index >= 15 is 0 Å². The molecule has 29 nitrogen and oxygen atoms in total. The largest absolute Gasteiger partial charge is 0.461 e. The van der Waals surface area contributed by atoms with Crippen LogP contribution in [0.1, 0.15) is 126 Å². The van der Waals surface area contributed by atoms with Crippen LogP contribution in [0.4, 0.5) is 14.4 Å². The van der Waals surface area contributed by atoms with Crippen molar-refractivity contribution >= 4 is 60.1 Å². The maximum Gasteiger partial charge on any atom is 0.407 e. The highest BCUT2D eigenvalue weighted by Gasteiger charge is 2.40.